The van der Waals surface area contributed by atoms with E-state index in [0.717, 1.165) is 18.4 Å². The number of rotatable bonds is 22. The second-order valence-electron chi connectivity index (χ2n) is 15.3. The summed E-state index contributed by atoms with van der Waals surface area (Å²) in [7, 11) is 2.09. The second-order valence-corrected chi connectivity index (χ2v) is 16.5. The summed E-state index contributed by atoms with van der Waals surface area (Å²) in [4.78, 5) is 76.0. The molecule has 0 spiro atoms. The van der Waals surface area contributed by atoms with Gasteiger partial charge in [0.1, 0.15) is 11.8 Å². The molecular formula is C38H66N5O10P. The number of nitrogens with one attached hydrogen (secondary N) is 3. The third kappa shape index (κ3) is 13.9. The highest BCUT2D eigenvalue weighted by atomic mass is 31.2. The fraction of sp³-hybridized carbons (Fsp3) is 0.737. The zero-order chi connectivity index (χ0) is 40.9. The molecule has 1 fully saturated rings. The van der Waals surface area contributed by atoms with E-state index in [4.69, 9.17) is 19.3 Å². The summed E-state index contributed by atoms with van der Waals surface area (Å²) in [6.45, 7) is 14.3. The molecule has 0 saturated carbocycles. The van der Waals surface area contributed by atoms with Crippen molar-refractivity contribution >= 4 is 31.5 Å². The summed E-state index contributed by atoms with van der Waals surface area (Å²) in [5.41, 5.74) is 0.838. The van der Waals surface area contributed by atoms with Gasteiger partial charge in [-0.25, -0.2) is 4.57 Å². The first kappa shape index (κ1) is 47.1. The summed E-state index contributed by atoms with van der Waals surface area (Å²) < 4.78 is 27.4. The molecule has 1 aliphatic rings. The van der Waals surface area contributed by atoms with Gasteiger partial charge in [-0.05, 0) is 68.8 Å². The van der Waals surface area contributed by atoms with Crippen molar-refractivity contribution in [3.8, 4) is 5.75 Å². The van der Waals surface area contributed by atoms with Crippen LogP contribution in [0, 0.1) is 23.7 Å². The van der Waals surface area contributed by atoms with Crippen LogP contribution in [0.25, 0.3) is 0 Å². The lowest BCUT2D eigenvalue weighted by Crippen LogP contribution is -2.59. The number of amides is 4. The first-order valence-corrected chi connectivity index (χ1v) is 20.5. The number of methoxy groups -OCH3 is 2. The molecule has 2 rings (SSSR count). The second kappa shape index (κ2) is 21.9. The lowest BCUT2D eigenvalue weighted by atomic mass is 9.90. The zero-order valence-electron chi connectivity index (χ0n) is 34.0. The van der Waals surface area contributed by atoms with Gasteiger partial charge in [-0.1, -0.05) is 67.0 Å². The van der Waals surface area contributed by atoms with E-state index in [-0.39, 0.29) is 59.6 Å². The molecule has 15 nitrogen and oxygen atoms in total. The Morgan fingerprint density at radius 2 is 1.56 bits per heavy atom. The molecule has 8 atom stereocenters. The standard InChI is InChI=1S/C38H66N5O10P/c1-12-25(6)33(41-37(46)32(23(2)3)40-38(47)34(24(4)5)42(8)9)30(51-10)22-31(44)43-21-13-14-29(43)35(52-11)26(7)36(45)39-20-19-27-15-17-28(18-16-27)53-54(48,49)50/h15-18,23-26,29-30,32-35H,12-14,19-22H2,1-11H3,(H,39,45)(H,40,47)(H,41,46)(H2,48,49,50)/t25-,26+,29-,30+,32-,33-,34-,35+/m0/s1. The van der Waals surface area contributed by atoms with Crippen LogP contribution in [0.15, 0.2) is 24.3 Å². The number of likely N-dealkylation sites (tertiary alicyclic amines) is 1. The molecule has 0 unspecified atom stereocenters. The van der Waals surface area contributed by atoms with Gasteiger partial charge in [0.25, 0.3) is 0 Å². The normalized spacial score (nSPS) is 18.8. The van der Waals surface area contributed by atoms with E-state index >= 15 is 0 Å². The first-order valence-electron chi connectivity index (χ1n) is 19.0. The number of hydrogen-bond acceptors (Lipinski definition) is 9. The van der Waals surface area contributed by atoms with Gasteiger partial charge in [0.05, 0.1) is 42.7 Å². The van der Waals surface area contributed by atoms with Crippen LogP contribution in [0.2, 0.25) is 0 Å². The van der Waals surface area contributed by atoms with Crippen molar-refractivity contribution in [3.05, 3.63) is 29.8 Å². The fourth-order valence-corrected chi connectivity index (χ4v) is 7.69. The molecule has 54 heavy (non-hydrogen) atoms. The van der Waals surface area contributed by atoms with E-state index < -0.39 is 44.1 Å². The molecule has 1 aromatic carbocycles. The molecule has 1 aliphatic heterocycles. The van der Waals surface area contributed by atoms with Crippen LogP contribution in [0.4, 0.5) is 0 Å². The van der Waals surface area contributed by atoms with Crippen molar-refractivity contribution in [2.24, 2.45) is 23.7 Å². The summed E-state index contributed by atoms with van der Waals surface area (Å²) in [6, 6.07) is 4.20. The predicted molar refractivity (Wildman–Crippen MR) is 206 cm³/mol. The Hall–Kier alpha value is -3.07. The summed E-state index contributed by atoms with van der Waals surface area (Å²) in [5.74, 6) is -1.67. The zero-order valence-corrected chi connectivity index (χ0v) is 34.9. The van der Waals surface area contributed by atoms with Gasteiger partial charge >= 0.3 is 7.82 Å². The minimum absolute atomic E-state index is 0.00600. The van der Waals surface area contributed by atoms with Crippen molar-refractivity contribution in [3.63, 3.8) is 0 Å². The van der Waals surface area contributed by atoms with Crippen LogP contribution in [0.3, 0.4) is 0 Å². The molecule has 308 valence electrons. The molecule has 0 radical (unpaired) electrons. The van der Waals surface area contributed by atoms with Crippen molar-refractivity contribution in [2.45, 2.75) is 117 Å². The maximum absolute atomic E-state index is 14.0. The number of likely N-dealkylation sites (N-methyl/N-ethyl adjacent to an activating group) is 1. The molecule has 1 aromatic rings. The van der Waals surface area contributed by atoms with Gasteiger partial charge in [0.2, 0.25) is 23.6 Å². The number of nitrogens with zero attached hydrogens (tertiary/aromatic N) is 2. The smallest absolute Gasteiger partial charge is 0.404 e. The van der Waals surface area contributed by atoms with Crippen LogP contribution in [-0.4, -0.2) is 121 Å². The Morgan fingerprint density at radius 1 is 0.926 bits per heavy atom. The number of phosphoric acid groups is 1. The molecule has 0 aliphatic carbocycles. The number of carbonyl (C=O) groups is 4. The fourth-order valence-electron chi connectivity index (χ4n) is 7.30. The van der Waals surface area contributed by atoms with Crippen LogP contribution in [0.5, 0.6) is 5.75 Å². The summed E-state index contributed by atoms with van der Waals surface area (Å²) >= 11 is 0. The Balaban J connectivity index is 2.12. The summed E-state index contributed by atoms with van der Waals surface area (Å²) in [6.07, 6.45) is 1.39. The van der Waals surface area contributed by atoms with Crippen LogP contribution >= 0.6 is 7.82 Å². The molecule has 16 heteroatoms. The van der Waals surface area contributed by atoms with E-state index in [2.05, 4.69) is 20.5 Å². The van der Waals surface area contributed by atoms with E-state index in [0.29, 0.717) is 25.9 Å². The minimum Gasteiger partial charge on any atom is -0.404 e. The maximum atomic E-state index is 14.0. The average molecular weight is 784 g/mol. The van der Waals surface area contributed by atoms with Crippen LogP contribution in [-0.2, 0) is 39.6 Å². The Bertz CT molecular complexity index is 1400. The first-order chi connectivity index (χ1) is 25.3. The lowest BCUT2D eigenvalue weighted by molar-refractivity contribution is -0.142. The average Bonchev–Trinajstić information content (AvgIpc) is 3.57. The van der Waals surface area contributed by atoms with Crippen molar-refractivity contribution in [2.75, 3.05) is 41.4 Å². The SMILES string of the molecule is CC[C@H](C)[C@H](NC(=O)[C@@H](NC(=O)[C@H](C(C)C)N(C)C)C(C)C)[C@@H](CC(=O)N1CCC[C@H]1[C@H](OC)[C@@H](C)C(=O)NCCc1ccc(OP(=O)(O)O)cc1)OC. The molecule has 1 saturated heterocycles. The van der Waals surface area contributed by atoms with Gasteiger partial charge < -0.3 is 34.8 Å². The highest BCUT2D eigenvalue weighted by Gasteiger charge is 2.42. The molecule has 4 amide bonds. The molecule has 1 heterocycles. The Morgan fingerprint density at radius 3 is 2.06 bits per heavy atom. The predicted octanol–water partition coefficient (Wildman–Crippen LogP) is 3.12. The largest absolute Gasteiger partial charge is 0.524 e. The highest BCUT2D eigenvalue weighted by molar-refractivity contribution is 7.46. The van der Waals surface area contributed by atoms with Gasteiger partial charge in [-0.3, -0.25) is 33.9 Å². The van der Waals surface area contributed by atoms with Crippen LogP contribution in [0.1, 0.15) is 79.7 Å². The quantitative estimate of drug-likeness (QED) is 0.109. The monoisotopic (exact) mass is 783 g/mol. The van der Waals surface area contributed by atoms with Crippen molar-refractivity contribution in [1.82, 2.24) is 25.8 Å². The number of benzene rings is 1. The van der Waals surface area contributed by atoms with Crippen molar-refractivity contribution in [1.29, 1.82) is 0 Å². The third-order valence-electron chi connectivity index (χ3n) is 10.4. The van der Waals surface area contributed by atoms with Crippen LogP contribution < -0.4 is 20.5 Å². The number of ether oxygens (including phenoxy) is 2. The topological polar surface area (TPSA) is 196 Å². The van der Waals surface area contributed by atoms with Gasteiger partial charge in [-0.2, -0.15) is 0 Å². The summed E-state index contributed by atoms with van der Waals surface area (Å²) in [5, 5.41) is 9.05. The molecule has 0 aromatic heterocycles. The molecular weight excluding hydrogens is 717 g/mol. The van der Waals surface area contributed by atoms with Gasteiger partial charge in [0, 0.05) is 27.3 Å². The molecule has 0 bridgehead atoms. The van der Waals surface area contributed by atoms with E-state index in [9.17, 15) is 23.7 Å². The van der Waals surface area contributed by atoms with E-state index in [1.165, 1.54) is 26.4 Å². The Kier molecular flexibility index (Phi) is 19.1. The number of carbonyl (C=O) groups excluding carboxylic acids is 4. The number of hydrogen-bond donors (Lipinski definition) is 5. The number of phosphoric ester groups is 1. The Labute approximate surface area is 321 Å². The maximum Gasteiger partial charge on any atom is 0.524 e. The molecule has 5 N–H and O–H groups in total. The van der Waals surface area contributed by atoms with E-state index in [1.807, 2.05) is 60.5 Å². The highest BCUT2D eigenvalue weighted by Crippen LogP contribution is 2.37. The van der Waals surface area contributed by atoms with E-state index in [1.54, 1.807) is 24.0 Å². The third-order valence-corrected chi connectivity index (χ3v) is 10.8. The van der Waals surface area contributed by atoms with Gasteiger partial charge in [-0.15, -0.1) is 0 Å². The van der Waals surface area contributed by atoms with Gasteiger partial charge in [0.15, 0.2) is 0 Å². The minimum atomic E-state index is -4.65. The lowest BCUT2D eigenvalue weighted by Gasteiger charge is -2.37. The van der Waals surface area contributed by atoms with Crippen molar-refractivity contribution < 1.29 is 47.5 Å².